The van der Waals surface area contributed by atoms with Gasteiger partial charge in [0.15, 0.2) is 0 Å². The van der Waals surface area contributed by atoms with Gasteiger partial charge in [-0.05, 0) is 50.0 Å². The summed E-state index contributed by atoms with van der Waals surface area (Å²) in [7, 11) is 0. The molecule has 0 spiro atoms. The Morgan fingerprint density at radius 2 is 2.07 bits per heavy atom. The molecule has 0 aromatic heterocycles. The van der Waals surface area contributed by atoms with E-state index < -0.39 is 0 Å². The van der Waals surface area contributed by atoms with Crippen LogP contribution in [0.4, 0.5) is 0 Å². The van der Waals surface area contributed by atoms with E-state index in [1.54, 1.807) is 0 Å². The second kappa shape index (κ2) is 5.16. The molecule has 84 valence electrons. The second-order valence-corrected chi connectivity index (χ2v) is 5.64. The van der Waals surface area contributed by atoms with Crippen LogP contribution in [0.2, 0.25) is 0 Å². The predicted molar refractivity (Wildman–Crippen MR) is 63.5 cm³/mol. The van der Waals surface area contributed by atoms with Crippen LogP contribution in [-0.4, -0.2) is 12.6 Å². The Kier molecular flexibility index (Phi) is 4.43. The molecule has 1 N–H and O–H groups in total. The lowest BCUT2D eigenvalue weighted by atomic mass is 9.88. The molecule has 2 atom stereocenters. The first-order valence-corrected chi connectivity index (χ1v) is 6.32. The van der Waals surface area contributed by atoms with Gasteiger partial charge in [0.2, 0.25) is 0 Å². The molecule has 1 saturated carbocycles. The van der Waals surface area contributed by atoms with Gasteiger partial charge < -0.3 is 5.32 Å². The van der Waals surface area contributed by atoms with Crippen molar-refractivity contribution in [1.82, 2.24) is 5.32 Å². The molecule has 1 fully saturated rings. The zero-order chi connectivity index (χ0) is 10.6. The number of hydrogen-bond acceptors (Lipinski definition) is 1. The van der Waals surface area contributed by atoms with Crippen molar-refractivity contribution in [2.24, 2.45) is 11.3 Å². The molecule has 0 amide bonds. The van der Waals surface area contributed by atoms with Crippen LogP contribution >= 0.6 is 0 Å². The minimum atomic E-state index is 0.603. The van der Waals surface area contributed by atoms with Crippen molar-refractivity contribution in [2.75, 3.05) is 6.54 Å². The highest BCUT2D eigenvalue weighted by Crippen LogP contribution is 2.42. The number of hydrogen-bond donors (Lipinski definition) is 1. The molecule has 0 radical (unpaired) electrons. The molecule has 1 aliphatic carbocycles. The molecule has 2 unspecified atom stereocenters. The van der Waals surface area contributed by atoms with E-state index in [9.17, 15) is 0 Å². The molecule has 0 aromatic carbocycles. The predicted octanol–water partition coefficient (Wildman–Crippen LogP) is 3.59. The third kappa shape index (κ3) is 3.27. The first-order valence-electron chi connectivity index (χ1n) is 6.32. The fourth-order valence-corrected chi connectivity index (χ4v) is 2.81. The molecule has 1 aliphatic rings. The Bertz CT molecular complexity index is 163. The van der Waals surface area contributed by atoms with Gasteiger partial charge >= 0.3 is 0 Å². The minimum absolute atomic E-state index is 0.603. The lowest BCUT2D eigenvalue weighted by Gasteiger charge is -2.25. The van der Waals surface area contributed by atoms with E-state index in [1.807, 2.05) is 0 Å². The van der Waals surface area contributed by atoms with Crippen LogP contribution in [0.5, 0.6) is 0 Å². The smallest absolute Gasteiger partial charge is 0.00929 e. The van der Waals surface area contributed by atoms with Crippen LogP contribution in [0.1, 0.15) is 59.8 Å². The van der Waals surface area contributed by atoms with Gasteiger partial charge in [-0.25, -0.2) is 0 Å². The molecule has 0 heterocycles. The normalized spacial score (nSPS) is 27.9. The van der Waals surface area contributed by atoms with Gasteiger partial charge in [0.1, 0.15) is 0 Å². The Morgan fingerprint density at radius 1 is 1.36 bits per heavy atom. The molecule has 0 bridgehead atoms. The van der Waals surface area contributed by atoms with Crippen molar-refractivity contribution in [3.05, 3.63) is 0 Å². The average molecular weight is 197 g/mol. The van der Waals surface area contributed by atoms with Crippen molar-refractivity contribution in [1.29, 1.82) is 0 Å². The van der Waals surface area contributed by atoms with Crippen molar-refractivity contribution < 1.29 is 0 Å². The first-order chi connectivity index (χ1) is 6.59. The topological polar surface area (TPSA) is 12.0 Å². The monoisotopic (exact) mass is 197 g/mol. The molecule has 14 heavy (non-hydrogen) atoms. The van der Waals surface area contributed by atoms with Gasteiger partial charge in [-0.2, -0.15) is 0 Å². The van der Waals surface area contributed by atoms with Gasteiger partial charge in [-0.1, -0.05) is 27.7 Å². The lowest BCUT2D eigenvalue weighted by Crippen LogP contribution is -2.35. The zero-order valence-electron chi connectivity index (χ0n) is 10.4. The van der Waals surface area contributed by atoms with E-state index >= 15 is 0 Å². The maximum atomic E-state index is 3.70. The van der Waals surface area contributed by atoms with Gasteiger partial charge in [0.25, 0.3) is 0 Å². The summed E-state index contributed by atoms with van der Waals surface area (Å²) in [5.41, 5.74) is 0.603. The van der Waals surface area contributed by atoms with E-state index in [-0.39, 0.29) is 0 Å². The van der Waals surface area contributed by atoms with E-state index in [0.29, 0.717) is 5.41 Å². The highest BCUT2D eigenvalue weighted by Gasteiger charge is 2.34. The van der Waals surface area contributed by atoms with Crippen LogP contribution in [0.3, 0.4) is 0 Å². The van der Waals surface area contributed by atoms with Crippen molar-refractivity contribution in [3.8, 4) is 0 Å². The Morgan fingerprint density at radius 3 is 2.50 bits per heavy atom. The van der Waals surface area contributed by atoms with E-state index in [2.05, 4.69) is 33.0 Å². The lowest BCUT2D eigenvalue weighted by molar-refractivity contribution is 0.305. The van der Waals surface area contributed by atoms with Gasteiger partial charge in [0, 0.05) is 6.04 Å². The van der Waals surface area contributed by atoms with Crippen LogP contribution in [0, 0.1) is 11.3 Å². The molecular weight excluding hydrogens is 170 g/mol. The van der Waals surface area contributed by atoms with Gasteiger partial charge in [-0.15, -0.1) is 0 Å². The van der Waals surface area contributed by atoms with Crippen molar-refractivity contribution in [2.45, 2.75) is 65.8 Å². The molecule has 0 saturated heterocycles. The third-order valence-corrected chi connectivity index (χ3v) is 3.67. The molecular formula is C13H27N. The fraction of sp³-hybridized carbons (Fsp3) is 1.00. The maximum absolute atomic E-state index is 3.70. The van der Waals surface area contributed by atoms with Crippen LogP contribution in [-0.2, 0) is 0 Å². The Hall–Kier alpha value is -0.0400. The minimum Gasteiger partial charge on any atom is -0.314 e. The quantitative estimate of drug-likeness (QED) is 0.710. The van der Waals surface area contributed by atoms with Crippen LogP contribution in [0.15, 0.2) is 0 Å². The standard InChI is InChI=1S/C13H27N/c1-5-9-14-12(6-2)11-7-8-13(3,4)10-11/h11-12,14H,5-10H2,1-4H3. The SMILES string of the molecule is CCCNC(CC)C1CCC(C)(C)C1. The molecule has 1 heteroatoms. The van der Waals surface area contributed by atoms with E-state index in [0.717, 1.165) is 12.0 Å². The fourth-order valence-electron chi connectivity index (χ4n) is 2.81. The first kappa shape index (κ1) is 12.0. The summed E-state index contributed by atoms with van der Waals surface area (Å²) < 4.78 is 0. The van der Waals surface area contributed by atoms with E-state index in [4.69, 9.17) is 0 Å². The molecule has 0 aromatic rings. The molecule has 0 aliphatic heterocycles. The summed E-state index contributed by atoms with van der Waals surface area (Å²) in [6, 6.07) is 0.775. The van der Waals surface area contributed by atoms with Crippen LogP contribution in [0.25, 0.3) is 0 Å². The summed E-state index contributed by atoms with van der Waals surface area (Å²) in [6.07, 6.45) is 6.82. The second-order valence-electron chi connectivity index (χ2n) is 5.64. The average Bonchev–Trinajstić information content (AvgIpc) is 2.48. The largest absolute Gasteiger partial charge is 0.314 e. The summed E-state index contributed by atoms with van der Waals surface area (Å²) in [6.45, 7) is 10.6. The highest BCUT2D eigenvalue weighted by atomic mass is 14.9. The zero-order valence-corrected chi connectivity index (χ0v) is 10.4. The highest BCUT2D eigenvalue weighted by molar-refractivity contribution is 4.88. The summed E-state index contributed by atoms with van der Waals surface area (Å²) in [5.74, 6) is 0.932. The molecule has 1 rings (SSSR count). The van der Waals surface area contributed by atoms with E-state index in [1.165, 1.54) is 38.6 Å². The Labute approximate surface area is 89.7 Å². The maximum Gasteiger partial charge on any atom is 0.00929 e. The van der Waals surface area contributed by atoms with Gasteiger partial charge in [0.05, 0.1) is 0 Å². The summed E-state index contributed by atoms with van der Waals surface area (Å²) >= 11 is 0. The molecule has 1 nitrogen and oxygen atoms in total. The van der Waals surface area contributed by atoms with Crippen LogP contribution < -0.4 is 5.32 Å². The summed E-state index contributed by atoms with van der Waals surface area (Å²) in [5, 5.41) is 3.70. The summed E-state index contributed by atoms with van der Waals surface area (Å²) in [4.78, 5) is 0. The number of rotatable bonds is 5. The van der Waals surface area contributed by atoms with Crippen molar-refractivity contribution >= 4 is 0 Å². The van der Waals surface area contributed by atoms with Crippen molar-refractivity contribution in [3.63, 3.8) is 0 Å². The van der Waals surface area contributed by atoms with Gasteiger partial charge in [-0.3, -0.25) is 0 Å². The Balaban J connectivity index is 2.38. The third-order valence-electron chi connectivity index (χ3n) is 3.67. The number of nitrogens with one attached hydrogen (secondary N) is 1.